The highest BCUT2D eigenvalue weighted by Gasteiger charge is 2.13. The Bertz CT molecular complexity index is 1180. The van der Waals surface area contributed by atoms with Gasteiger partial charge in [-0.3, -0.25) is 14.0 Å². The summed E-state index contributed by atoms with van der Waals surface area (Å²) in [5, 5.41) is 4.57. The van der Waals surface area contributed by atoms with Gasteiger partial charge in [0.2, 0.25) is 0 Å². The smallest absolute Gasteiger partial charge is 0.268 e. The molecule has 0 aliphatic carbocycles. The minimum atomic E-state index is -0.317. The first-order chi connectivity index (χ1) is 12.6. The summed E-state index contributed by atoms with van der Waals surface area (Å²) in [6, 6.07) is 15.5. The van der Waals surface area contributed by atoms with Crippen molar-refractivity contribution in [1.82, 2.24) is 19.3 Å². The van der Waals surface area contributed by atoms with E-state index in [4.69, 9.17) is 0 Å². The van der Waals surface area contributed by atoms with Gasteiger partial charge < -0.3 is 0 Å². The molecule has 6 heteroatoms. The van der Waals surface area contributed by atoms with E-state index < -0.39 is 0 Å². The summed E-state index contributed by atoms with van der Waals surface area (Å²) in [5.41, 5.74) is 1.69. The van der Waals surface area contributed by atoms with Crippen LogP contribution < -0.4 is 5.56 Å². The fourth-order valence-electron chi connectivity index (χ4n) is 2.82. The van der Waals surface area contributed by atoms with Crippen molar-refractivity contribution in [1.29, 1.82) is 0 Å². The van der Waals surface area contributed by atoms with Gasteiger partial charge in [0.05, 0.1) is 11.9 Å². The molecule has 2 aromatic carbocycles. The Morgan fingerprint density at radius 2 is 1.85 bits per heavy atom. The third kappa shape index (κ3) is 2.82. The molecule has 0 saturated heterocycles. The summed E-state index contributed by atoms with van der Waals surface area (Å²) in [5.74, 6) is 0.129. The summed E-state index contributed by atoms with van der Waals surface area (Å²) < 4.78 is 16.5. The average Bonchev–Trinajstić information content (AvgIpc) is 3.02. The molecule has 26 heavy (non-hydrogen) atoms. The topological polar surface area (TPSA) is 52.7 Å². The first-order valence-corrected chi connectivity index (χ1v) is 8.07. The number of aryl methyl sites for hydroxylation is 1. The molecule has 0 fully saturated rings. The number of fused-ring (bicyclic) bond motifs is 1. The fraction of sp³-hybridized carbons (Fsp3) is 0.0500. The van der Waals surface area contributed by atoms with E-state index in [1.54, 1.807) is 36.0 Å². The molecule has 0 aliphatic rings. The van der Waals surface area contributed by atoms with Gasteiger partial charge in [-0.05, 0) is 35.9 Å². The molecule has 2 aromatic heterocycles. The summed E-state index contributed by atoms with van der Waals surface area (Å²) in [7, 11) is 1.74. The summed E-state index contributed by atoms with van der Waals surface area (Å²) in [4.78, 5) is 17.6. The lowest BCUT2D eigenvalue weighted by atomic mass is 10.2. The van der Waals surface area contributed by atoms with Crippen LogP contribution in [0.25, 0.3) is 28.9 Å². The molecule has 0 bridgehead atoms. The lowest BCUT2D eigenvalue weighted by molar-refractivity contribution is 0.627. The van der Waals surface area contributed by atoms with Gasteiger partial charge in [-0.25, -0.2) is 9.37 Å². The average molecular weight is 346 g/mol. The van der Waals surface area contributed by atoms with E-state index in [1.165, 1.54) is 22.9 Å². The van der Waals surface area contributed by atoms with Crippen molar-refractivity contribution < 1.29 is 4.39 Å². The van der Waals surface area contributed by atoms with Gasteiger partial charge in [0, 0.05) is 7.05 Å². The quantitative estimate of drug-likeness (QED) is 0.571. The van der Waals surface area contributed by atoms with E-state index in [2.05, 4.69) is 10.1 Å². The van der Waals surface area contributed by atoms with Gasteiger partial charge in [0.1, 0.15) is 17.0 Å². The Morgan fingerprint density at radius 3 is 2.62 bits per heavy atom. The summed E-state index contributed by atoms with van der Waals surface area (Å²) in [6.45, 7) is 0. The van der Waals surface area contributed by atoms with Crippen molar-refractivity contribution in [2.75, 3.05) is 0 Å². The third-order valence-corrected chi connectivity index (χ3v) is 4.08. The van der Waals surface area contributed by atoms with Crippen molar-refractivity contribution >= 4 is 23.2 Å². The number of halogens is 1. The summed E-state index contributed by atoms with van der Waals surface area (Å²) >= 11 is 0. The van der Waals surface area contributed by atoms with Crippen LogP contribution in [-0.4, -0.2) is 19.3 Å². The fourth-order valence-corrected chi connectivity index (χ4v) is 2.82. The van der Waals surface area contributed by atoms with E-state index in [0.717, 1.165) is 0 Å². The van der Waals surface area contributed by atoms with Gasteiger partial charge in [-0.2, -0.15) is 5.10 Å². The van der Waals surface area contributed by atoms with E-state index in [-0.39, 0.29) is 11.4 Å². The third-order valence-electron chi connectivity index (χ3n) is 4.08. The zero-order chi connectivity index (χ0) is 18.1. The zero-order valence-corrected chi connectivity index (χ0v) is 14.0. The molecule has 0 radical (unpaired) electrons. The van der Waals surface area contributed by atoms with Crippen molar-refractivity contribution in [3.05, 3.63) is 88.4 Å². The van der Waals surface area contributed by atoms with Crippen LogP contribution in [0.1, 0.15) is 11.4 Å². The van der Waals surface area contributed by atoms with Crippen molar-refractivity contribution in [3.8, 4) is 5.69 Å². The number of benzene rings is 2. The van der Waals surface area contributed by atoms with Crippen molar-refractivity contribution in [2.45, 2.75) is 0 Å². The number of hydrogen-bond acceptors (Lipinski definition) is 3. The number of aromatic nitrogens is 4. The normalized spacial score (nSPS) is 11.5. The largest absolute Gasteiger partial charge is 0.269 e. The molecule has 0 unspecified atom stereocenters. The SMILES string of the molecule is Cn1ncc2c(=O)n(-c3ccccc3)c(/C=C/c3cccc(F)c3)nc21. The highest BCUT2D eigenvalue weighted by Crippen LogP contribution is 2.15. The maximum Gasteiger partial charge on any atom is 0.269 e. The maximum atomic E-state index is 13.4. The highest BCUT2D eigenvalue weighted by molar-refractivity contribution is 5.77. The van der Waals surface area contributed by atoms with Gasteiger partial charge in [-0.15, -0.1) is 0 Å². The Morgan fingerprint density at radius 1 is 1.04 bits per heavy atom. The van der Waals surface area contributed by atoms with Crippen molar-refractivity contribution in [2.24, 2.45) is 7.05 Å². The lowest BCUT2D eigenvalue weighted by Gasteiger charge is -2.10. The number of rotatable bonds is 3. The minimum absolute atomic E-state index is 0.201. The number of nitrogens with zero attached hydrogens (tertiary/aromatic N) is 4. The van der Waals surface area contributed by atoms with Crippen LogP contribution in [0.5, 0.6) is 0 Å². The van der Waals surface area contributed by atoms with Crippen LogP contribution in [-0.2, 0) is 7.05 Å². The van der Waals surface area contributed by atoms with Crippen LogP contribution in [0.15, 0.2) is 65.6 Å². The van der Waals surface area contributed by atoms with Crippen molar-refractivity contribution in [3.63, 3.8) is 0 Å². The van der Waals surface area contributed by atoms with Crippen LogP contribution in [0.2, 0.25) is 0 Å². The molecule has 0 spiro atoms. The summed E-state index contributed by atoms with van der Waals surface area (Å²) in [6.07, 6.45) is 4.95. The molecule has 128 valence electrons. The maximum absolute atomic E-state index is 13.4. The van der Waals surface area contributed by atoms with Gasteiger partial charge >= 0.3 is 0 Å². The van der Waals surface area contributed by atoms with Crippen LogP contribution in [0.3, 0.4) is 0 Å². The number of hydrogen-bond donors (Lipinski definition) is 0. The minimum Gasteiger partial charge on any atom is -0.268 e. The van der Waals surface area contributed by atoms with E-state index >= 15 is 0 Å². The molecule has 2 heterocycles. The van der Waals surface area contributed by atoms with E-state index in [0.29, 0.717) is 28.1 Å². The second kappa shape index (κ2) is 6.40. The zero-order valence-electron chi connectivity index (χ0n) is 14.0. The molecule has 0 atom stereocenters. The Labute approximate surface area is 148 Å². The van der Waals surface area contributed by atoms with Crippen LogP contribution in [0, 0.1) is 5.82 Å². The van der Waals surface area contributed by atoms with E-state index in [1.807, 2.05) is 30.3 Å². The Hall–Kier alpha value is -3.54. The second-order valence-electron chi connectivity index (χ2n) is 5.84. The highest BCUT2D eigenvalue weighted by atomic mass is 19.1. The molecule has 4 rings (SSSR count). The predicted octanol–water partition coefficient (Wildman–Crippen LogP) is 3.43. The molecular formula is C20H15FN4O. The molecule has 0 amide bonds. The van der Waals surface area contributed by atoms with Crippen LogP contribution in [0.4, 0.5) is 4.39 Å². The van der Waals surface area contributed by atoms with Gasteiger partial charge in [0.25, 0.3) is 5.56 Å². The molecule has 0 saturated carbocycles. The second-order valence-corrected chi connectivity index (χ2v) is 5.84. The molecular weight excluding hydrogens is 331 g/mol. The molecule has 4 aromatic rings. The van der Waals surface area contributed by atoms with E-state index in [9.17, 15) is 9.18 Å². The molecule has 5 nitrogen and oxygen atoms in total. The first-order valence-electron chi connectivity index (χ1n) is 8.07. The number of para-hydroxylation sites is 1. The predicted molar refractivity (Wildman–Crippen MR) is 99.4 cm³/mol. The molecule has 0 aliphatic heterocycles. The monoisotopic (exact) mass is 346 g/mol. The van der Waals surface area contributed by atoms with Crippen LogP contribution >= 0.6 is 0 Å². The standard InChI is InChI=1S/C20H15FN4O/c1-24-19-17(13-22-24)20(26)25(16-8-3-2-4-9-16)18(23-19)11-10-14-6-5-7-15(21)12-14/h2-13H,1H3/b11-10+. The Balaban J connectivity index is 1.94. The Kier molecular flexibility index (Phi) is 3.93. The lowest BCUT2D eigenvalue weighted by Crippen LogP contribution is -2.22. The first kappa shape index (κ1) is 16.0. The van der Waals surface area contributed by atoms with Gasteiger partial charge in [0.15, 0.2) is 5.65 Å². The van der Waals surface area contributed by atoms with Gasteiger partial charge in [-0.1, -0.05) is 36.4 Å². The molecule has 0 N–H and O–H groups in total.